The van der Waals surface area contributed by atoms with Crippen molar-refractivity contribution in [2.45, 2.75) is 31.0 Å². The lowest BCUT2D eigenvalue weighted by Crippen LogP contribution is -2.49. The van der Waals surface area contributed by atoms with Gasteiger partial charge in [-0.3, -0.25) is 0 Å². The fourth-order valence-electron chi connectivity index (χ4n) is 0.890. The standard InChI is InChI=1S/C8H10F6OS/c9-6(4-2-1-3-5-16)7(10,15-14)8(11,12)13/h1,3,6,16H,2,4-5H2/b3-1+. The van der Waals surface area contributed by atoms with Gasteiger partial charge in [-0.05, 0) is 17.4 Å². The summed E-state index contributed by atoms with van der Waals surface area (Å²) >= 11 is 3.75. The monoisotopic (exact) mass is 268 g/mol. The highest BCUT2D eigenvalue weighted by atomic mass is 32.1. The molecule has 0 spiro atoms. The molecule has 0 saturated heterocycles. The Morgan fingerprint density at radius 2 is 1.75 bits per heavy atom. The van der Waals surface area contributed by atoms with E-state index in [4.69, 9.17) is 0 Å². The van der Waals surface area contributed by atoms with Crippen molar-refractivity contribution in [2.24, 2.45) is 0 Å². The molecule has 0 heterocycles. The molecule has 0 rings (SSSR count). The fraction of sp³-hybridized carbons (Fsp3) is 0.750. The molecular formula is C8H10F6OS. The summed E-state index contributed by atoms with van der Waals surface area (Å²) < 4.78 is 72.9. The molecule has 0 aliphatic rings. The van der Waals surface area contributed by atoms with Crippen LogP contribution in [0.1, 0.15) is 12.8 Å². The molecule has 0 aliphatic heterocycles. The summed E-state index contributed by atoms with van der Waals surface area (Å²) in [6.45, 7) is 0. The topological polar surface area (TPSA) is 9.23 Å². The molecule has 96 valence electrons. The van der Waals surface area contributed by atoms with Crippen LogP contribution in [0, 0.1) is 0 Å². The Hall–Kier alpha value is -0.370. The molecule has 2 atom stereocenters. The van der Waals surface area contributed by atoms with Crippen molar-refractivity contribution >= 4 is 12.6 Å². The molecule has 0 aromatic carbocycles. The van der Waals surface area contributed by atoms with Crippen molar-refractivity contribution in [3.05, 3.63) is 12.2 Å². The fourth-order valence-corrected chi connectivity index (χ4v) is 1.04. The zero-order valence-corrected chi connectivity index (χ0v) is 8.87. The van der Waals surface area contributed by atoms with Crippen molar-refractivity contribution in [3.8, 4) is 0 Å². The maximum absolute atomic E-state index is 12.9. The smallest absolute Gasteiger partial charge is 0.241 e. The van der Waals surface area contributed by atoms with E-state index >= 15 is 0 Å². The summed E-state index contributed by atoms with van der Waals surface area (Å²) in [6, 6.07) is 0. The van der Waals surface area contributed by atoms with Crippen LogP contribution >= 0.6 is 12.6 Å². The van der Waals surface area contributed by atoms with Crippen molar-refractivity contribution < 1.29 is 31.4 Å². The highest BCUT2D eigenvalue weighted by Gasteiger charge is 2.64. The summed E-state index contributed by atoms with van der Waals surface area (Å²) in [4.78, 5) is 2.12. The second-order valence-electron chi connectivity index (χ2n) is 2.92. The molecule has 8 heteroatoms. The summed E-state index contributed by atoms with van der Waals surface area (Å²) in [5, 5.41) is 0. The summed E-state index contributed by atoms with van der Waals surface area (Å²) in [5.74, 6) is -4.58. The first kappa shape index (κ1) is 15.6. The lowest BCUT2D eigenvalue weighted by Gasteiger charge is -2.25. The third-order valence-corrected chi connectivity index (χ3v) is 1.97. The van der Waals surface area contributed by atoms with Crippen LogP contribution < -0.4 is 0 Å². The lowest BCUT2D eigenvalue weighted by atomic mass is 10.1. The second-order valence-corrected chi connectivity index (χ2v) is 3.28. The van der Waals surface area contributed by atoms with Crippen LogP contribution in [0.15, 0.2) is 12.2 Å². The Balaban J connectivity index is 4.42. The average Bonchev–Trinajstić information content (AvgIpc) is 2.21. The highest BCUT2D eigenvalue weighted by Crippen LogP contribution is 2.41. The van der Waals surface area contributed by atoms with Gasteiger partial charge in [0, 0.05) is 5.75 Å². The number of alkyl halides is 5. The van der Waals surface area contributed by atoms with Crippen molar-refractivity contribution in [1.82, 2.24) is 0 Å². The van der Waals surface area contributed by atoms with E-state index in [0.29, 0.717) is 5.75 Å². The van der Waals surface area contributed by atoms with Gasteiger partial charge in [0.15, 0.2) is 6.17 Å². The van der Waals surface area contributed by atoms with Gasteiger partial charge in [0.2, 0.25) is 0 Å². The van der Waals surface area contributed by atoms with Gasteiger partial charge in [0.05, 0.1) is 0 Å². The molecule has 0 N–H and O–H groups in total. The molecule has 0 radical (unpaired) electrons. The number of rotatable bonds is 6. The summed E-state index contributed by atoms with van der Waals surface area (Å²) in [6.07, 6.45) is -7.14. The number of hydrogen-bond acceptors (Lipinski definition) is 2. The Labute approximate surface area is 93.8 Å². The predicted octanol–water partition coefficient (Wildman–Crippen LogP) is 3.72. The zero-order chi connectivity index (χ0) is 12.8. The van der Waals surface area contributed by atoms with E-state index in [9.17, 15) is 26.5 Å². The number of thiol groups is 1. The molecule has 1 nitrogen and oxygen atoms in total. The number of hydrogen-bond donors (Lipinski definition) is 1. The van der Waals surface area contributed by atoms with Gasteiger partial charge >= 0.3 is 12.0 Å². The van der Waals surface area contributed by atoms with Gasteiger partial charge in [-0.1, -0.05) is 12.2 Å². The van der Waals surface area contributed by atoms with Crippen molar-refractivity contribution in [3.63, 3.8) is 0 Å². The minimum Gasteiger partial charge on any atom is -0.241 e. The second kappa shape index (κ2) is 6.39. The molecule has 0 saturated carbocycles. The minimum atomic E-state index is -5.76. The van der Waals surface area contributed by atoms with Crippen LogP contribution in [0.3, 0.4) is 0 Å². The van der Waals surface area contributed by atoms with E-state index in [1.165, 1.54) is 12.2 Å². The Kier molecular flexibility index (Phi) is 6.24. The van der Waals surface area contributed by atoms with Gasteiger partial charge in [0.25, 0.3) is 0 Å². The number of halogens is 6. The van der Waals surface area contributed by atoms with Gasteiger partial charge in [0.1, 0.15) is 0 Å². The van der Waals surface area contributed by atoms with E-state index in [1.54, 1.807) is 0 Å². The molecule has 0 aromatic rings. The SMILES string of the molecule is FOC(F)(C(F)CC/C=C/CS)C(F)(F)F. The van der Waals surface area contributed by atoms with Crippen molar-refractivity contribution in [2.75, 3.05) is 5.75 Å². The molecule has 16 heavy (non-hydrogen) atoms. The van der Waals surface area contributed by atoms with Crippen LogP contribution in [0.4, 0.5) is 26.5 Å². The zero-order valence-electron chi connectivity index (χ0n) is 7.98. The molecular weight excluding hydrogens is 258 g/mol. The van der Waals surface area contributed by atoms with Gasteiger partial charge < -0.3 is 0 Å². The third-order valence-electron chi connectivity index (χ3n) is 1.76. The van der Waals surface area contributed by atoms with E-state index in [2.05, 4.69) is 17.6 Å². The Morgan fingerprint density at radius 1 is 1.19 bits per heavy atom. The van der Waals surface area contributed by atoms with Crippen LogP contribution in [0.5, 0.6) is 0 Å². The van der Waals surface area contributed by atoms with E-state index < -0.39 is 24.6 Å². The summed E-state index contributed by atoms with van der Waals surface area (Å²) in [5.41, 5.74) is 0. The average molecular weight is 268 g/mol. The molecule has 0 bridgehead atoms. The third kappa shape index (κ3) is 3.89. The van der Waals surface area contributed by atoms with Gasteiger partial charge in [-0.2, -0.15) is 30.2 Å². The van der Waals surface area contributed by atoms with E-state index in [-0.39, 0.29) is 6.42 Å². The maximum atomic E-state index is 12.9. The van der Waals surface area contributed by atoms with Gasteiger partial charge in [-0.25, -0.2) is 4.39 Å². The van der Waals surface area contributed by atoms with Crippen LogP contribution in [0.25, 0.3) is 0 Å². The van der Waals surface area contributed by atoms with Crippen LogP contribution in [0.2, 0.25) is 0 Å². The largest absolute Gasteiger partial charge is 0.454 e. The molecule has 0 aliphatic carbocycles. The first-order chi connectivity index (χ1) is 7.29. The van der Waals surface area contributed by atoms with Crippen molar-refractivity contribution in [1.29, 1.82) is 0 Å². The minimum absolute atomic E-state index is 0.174. The van der Waals surface area contributed by atoms with Gasteiger partial charge in [-0.15, -0.1) is 4.94 Å². The maximum Gasteiger partial charge on any atom is 0.454 e. The summed E-state index contributed by atoms with van der Waals surface area (Å²) in [7, 11) is 0. The molecule has 0 amide bonds. The Bertz CT molecular complexity index is 231. The first-order valence-corrected chi connectivity index (χ1v) is 4.88. The van der Waals surface area contributed by atoms with Crippen LogP contribution in [-0.4, -0.2) is 24.0 Å². The predicted molar refractivity (Wildman–Crippen MR) is 49.2 cm³/mol. The number of allylic oxidation sites excluding steroid dienone is 1. The quantitative estimate of drug-likeness (QED) is 0.439. The molecule has 0 fully saturated rings. The first-order valence-electron chi connectivity index (χ1n) is 4.25. The normalized spacial score (nSPS) is 18.7. The highest BCUT2D eigenvalue weighted by molar-refractivity contribution is 7.80. The van der Waals surface area contributed by atoms with E-state index in [1.807, 2.05) is 0 Å². The Morgan fingerprint density at radius 3 is 2.12 bits per heavy atom. The lowest BCUT2D eigenvalue weighted by molar-refractivity contribution is -0.418. The molecule has 2 unspecified atom stereocenters. The van der Waals surface area contributed by atoms with E-state index in [0.717, 1.165) is 0 Å². The van der Waals surface area contributed by atoms with Crippen LogP contribution in [-0.2, 0) is 4.94 Å². The molecule has 0 aromatic heterocycles.